The third-order valence-corrected chi connectivity index (χ3v) is 5.11. The van der Waals surface area contributed by atoms with E-state index in [1.807, 2.05) is 0 Å². The van der Waals surface area contributed by atoms with Gasteiger partial charge in [0.2, 0.25) is 15.8 Å². The van der Waals surface area contributed by atoms with Gasteiger partial charge in [-0.25, -0.2) is 13.2 Å². The van der Waals surface area contributed by atoms with Gasteiger partial charge in [-0.05, 0) is 0 Å². The van der Waals surface area contributed by atoms with Gasteiger partial charge in [0, 0.05) is 25.6 Å². The Hall–Kier alpha value is -1.55. The van der Waals surface area contributed by atoms with E-state index in [1.165, 1.54) is 0 Å². The fourth-order valence-corrected chi connectivity index (χ4v) is 3.72. The van der Waals surface area contributed by atoms with Crippen LogP contribution in [0.1, 0.15) is 23.2 Å². The summed E-state index contributed by atoms with van der Waals surface area (Å²) >= 11 is 0. The van der Waals surface area contributed by atoms with Crippen molar-refractivity contribution >= 4 is 16.0 Å². The van der Waals surface area contributed by atoms with Crippen LogP contribution in [0.2, 0.25) is 0 Å². The van der Waals surface area contributed by atoms with Crippen molar-refractivity contribution < 1.29 is 35.9 Å². The van der Waals surface area contributed by atoms with E-state index in [0.29, 0.717) is 4.31 Å². The molecule has 0 aliphatic carbocycles. The third-order valence-electron chi connectivity index (χ3n) is 3.23. The Morgan fingerprint density at radius 1 is 1.48 bits per heavy atom. The minimum atomic E-state index is -4.44. The number of hydrogen-bond acceptors (Lipinski definition) is 4. The maximum atomic E-state index is 12.4. The number of alkyl halides is 3. The highest BCUT2D eigenvalue weighted by Gasteiger charge is 2.51. The topological polar surface area (TPSA) is 87.8 Å². The number of furan rings is 1. The highest BCUT2D eigenvalue weighted by Crippen LogP contribution is 2.37. The second kappa shape index (κ2) is 5.02. The summed E-state index contributed by atoms with van der Waals surface area (Å²) in [4.78, 5) is 10.4. The molecule has 1 aliphatic rings. The molecule has 21 heavy (non-hydrogen) atoms. The minimum absolute atomic E-state index is 0.0807. The number of aryl methyl sites for hydroxylation is 1. The summed E-state index contributed by atoms with van der Waals surface area (Å²) in [5.41, 5.74) is 0. The number of halogens is 3. The average molecular weight is 327 g/mol. The van der Waals surface area contributed by atoms with Crippen LogP contribution in [0.4, 0.5) is 13.2 Å². The van der Waals surface area contributed by atoms with Crippen LogP contribution >= 0.6 is 0 Å². The van der Waals surface area contributed by atoms with Crippen molar-refractivity contribution in [1.82, 2.24) is 4.31 Å². The molecular formula is C11H12F3NO5S. The predicted octanol–water partition coefficient (Wildman–Crippen LogP) is 1.72. The normalized spacial score (nSPS) is 17.7. The Morgan fingerprint density at radius 3 is 2.48 bits per heavy atom. The lowest BCUT2D eigenvalue weighted by atomic mass is 10.0. The van der Waals surface area contributed by atoms with Crippen LogP contribution in [0.5, 0.6) is 0 Å². The molecule has 1 aromatic rings. The summed E-state index contributed by atoms with van der Waals surface area (Å²) in [5, 5.41) is 8.79. The fraction of sp³-hybridized carbons (Fsp3) is 0.545. The molecule has 2 rings (SSSR count). The number of carbonyl (C=O) groups is 1. The Balaban J connectivity index is 2.28. The zero-order chi connectivity index (χ0) is 16.0. The molecule has 118 valence electrons. The standard InChI is InChI=1S/C11H12F3NO5S/c1-2-7-9(3-8(20-7)10(16)17)21(18,19)15-4-6(5-15)11(12,13)14/h3,6H,2,4-5H2,1H3,(H,16,17). The number of sulfonamides is 1. The first-order valence-electron chi connectivity index (χ1n) is 6.00. The molecule has 1 aromatic heterocycles. The van der Waals surface area contributed by atoms with Gasteiger partial charge >= 0.3 is 12.1 Å². The lowest BCUT2D eigenvalue weighted by Crippen LogP contribution is -2.55. The van der Waals surface area contributed by atoms with Crippen LogP contribution in [0, 0.1) is 5.92 Å². The van der Waals surface area contributed by atoms with E-state index in [4.69, 9.17) is 9.52 Å². The SMILES string of the molecule is CCc1oc(C(=O)O)cc1S(=O)(=O)N1CC(C(F)(F)F)C1. The van der Waals surface area contributed by atoms with E-state index in [-0.39, 0.29) is 17.1 Å². The number of hydrogen-bond donors (Lipinski definition) is 1. The van der Waals surface area contributed by atoms with E-state index in [1.54, 1.807) is 6.92 Å². The van der Waals surface area contributed by atoms with E-state index in [9.17, 15) is 26.4 Å². The smallest absolute Gasteiger partial charge is 0.394 e. The monoisotopic (exact) mass is 327 g/mol. The first-order chi connectivity index (χ1) is 9.57. The maximum Gasteiger partial charge on any atom is 0.394 e. The van der Waals surface area contributed by atoms with Crippen LogP contribution in [0.15, 0.2) is 15.4 Å². The quantitative estimate of drug-likeness (QED) is 0.910. The van der Waals surface area contributed by atoms with Crippen LogP contribution in [-0.4, -0.2) is 43.1 Å². The summed E-state index contributed by atoms with van der Waals surface area (Å²) in [6, 6.07) is 0.831. The summed E-state index contributed by atoms with van der Waals surface area (Å²) in [5.74, 6) is -3.77. The Labute approximate surface area is 118 Å². The van der Waals surface area contributed by atoms with Crippen molar-refractivity contribution in [3.05, 3.63) is 17.6 Å². The van der Waals surface area contributed by atoms with E-state index in [2.05, 4.69) is 0 Å². The maximum absolute atomic E-state index is 12.4. The van der Waals surface area contributed by atoms with Crippen molar-refractivity contribution in [3.8, 4) is 0 Å². The van der Waals surface area contributed by atoms with Gasteiger partial charge in [0.15, 0.2) is 0 Å². The van der Waals surface area contributed by atoms with Crippen molar-refractivity contribution in [2.45, 2.75) is 24.4 Å². The van der Waals surface area contributed by atoms with Gasteiger partial charge < -0.3 is 9.52 Å². The summed E-state index contributed by atoms with van der Waals surface area (Å²) in [6.07, 6.45) is -4.33. The molecule has 1 saturated heterocycles. The van der Waals surface area contributed by atoms with Gasteiger partial charge in [0.05, 0.1) is 5.92 Å². The highest BCUT2D eigenvalue weighted by atomic mass is 32.2. The van der Waals surface area contributed by atoms with E-state index in [0.717, 1.165) is 6.07 Å². The lowest BCUT2D eigenvalue weighted by Gasteiger charge is -2.38. The molecule has 10 heteroatoms. The molecule has 0 aromatic carbocycles. The zero-order valence-corrected chi connectivity index (χ0v) is 11.7. The van der Waals surface area contributed by atoms with Gasteiger partial charge in [-0.2, -0.15) is 17.5 Å². The number of nitrogens with zero attached hydrogens (tertiary/aromatic N) is 1. The minimum Gasteiger partial charge on any atom is -0.475 e. The van der Waals surface area contributed by atoms with Gasteiger partial charge in [-0.15, -0.1) is 0 Å². The van der Waals surface area contributed by atoms with Gasteiger partial charge in [-0.1, -0.05) is 6.92 Å². The Bertz CT molecular complexity index is 658. The molecule has 0 amide bonds. The first-order valence-corrected chi connectivity index (χ1v) is 7.44. The molecule has 0 saturated carbocycles. The van der Waals surface area contributed by atoms with Gasteiger partial charge in [0.25, 0.3) is 0 Å². The zero-order valence-electron chi connectivity index (χ0n) is 10.8. The first kappa shape index (κ1) is 15.8. The van der Waals surface area contributed by atoms with Gasteiger partial charge in [0.1, 0.15) is 10.7 Å². The Morgan fingerprint density at radius 2 is 2.05 bits per heavy atom. The fourth-order valence-electron chi connectivity index (χ4n) is 1.96. The van der Waals surface area contributed by atoms with Crippen LogP contribution in [0.3, 0.4) is 0 Å². The molecule has 0 atom stereocenters. The summed E-state index contributed by atoms with van der Waals surface area (Å²) in [7, 11) is -4.17. The summed E-state index contributed by atoms with van der Waals surface area (Å²) in [6.45, 7) is 0.225. The number of rotatable bonds is 4. The molecule has 1 aliphatic heterocycles. The van der Waals surface area contributed by atoms with Crippen LogP contribution < -0.4 is 0 Å². The second-order valence-corrected chi connectivity index (χ2v) is 6.52. The number of carboxylic acids is 1. The number of aromatic carboxylic acids is 1. The number of carboxylic acid groups (broad SMARTS) is 1. The summed E-state index contributed by atoms with van der Waals surface area (Å²) < 4.78 is 67.2. The van der Waals surface area contributed by atoms with Crippen molar-refractivity contribution in [2.75, 3.05) is 13.1 Å². The lowest BCUT2D eigenvalue weighted by molar-refractivity contribution is -0.198. The molecule has 0 radical (unpaired) electrons. The van der Waals surface area contributed by atoms with Crippen molar-refractivity contribution in [1.29, 1.82) is 0 Å². The van der Waals surface area contributed by atoms with Crippen molar-refractivity contribution in [2.24, 2.45) is 5.92 Å². The Kier molecular flexibility index (Phi) is 3.79. The molecular weight excluding hydrogens is 315 g/mol. The molecule has 0 bridgehead atoms. The largest absolute Gasteiger partial charge is 0.475 e. The molecule has 1 fully saturated rings. The molecule has 0 unspecified atom stereocenters. The third kappa shape index (κ3) is 2.77. The highest BCUT2D eigenvalue weighted by molar-refractivity contribution is 7.89. The second-order valence-electron chi connectivity index (χ2n) is 4.62. The van der Waals surface area contributed by atoms with Gasteiger partial charge in [-0.3, -0.25) is 0 Å². The molecule has 6 nitrogen and oxygen atoms in total. The van der Waals surface area contributed by atoms with Crippen LogP contribution in [-0.2, 0) is 16.4 Å². The average Bonchev–Trinajstić information content (AvgIpc) is 2.68. The van der Waals surface area contributed by atoms with Crippen molar-refractivity contribution in [3.63, 3.8) is 0 Å². The molecule has 2 heterocycles. The molecule has 1 N–H and O–H groups in total. The molecule has 0 spiro atoms. The predicted molar refractivity (Wildman–Crippen MR) is 63.3 cm³/mol. The van der Waals surface area contributed by atoms with Crippen LogP contribution in [0.25, 0.3) is 0 Å². The van der Waals surface area contributed by atoms with E-state index < -0.39 is 46.9 Å². The van der Waals surface area contributed by atoms with E-state index >= 15 is 0 Å².